The zero-order valence-electron chi connectivity index (χ0n) is 10.2. The van der Waals surface area contributed by atoms with Crippen molar-refractivity contribution in [3.8, 4) is 0 Å². The molecule has 3 heteroatoms. The Morgan fingerprint density at radius 3 is 2.47 bits per heavy atom. The van der Waals surface area contributed by atoms with Crippen LogP contribution in [0.2, 0.25) is 0 Å². The third-order valence-corrected chi connectivity index (χ3v) is 3.56. The van der Waals surface area contributed by atoms with Crippen molar-refractivity contribution in [1.29, 1.82) is 0 Å². The average Bonchev–Trinajstić information content (AvgIpc) is 2.69. The minimum Gasteiger partial charge on any atom is -0.374 e. The first-order valence-corrected chi connectivity index (χ1v) is 6.39. The van der Waals surface area contributed by atoms with E-state index in [2.05, 4.69) is 19.3 Å². The van der Waals surface area contributed by atoms with Gasteiger partial charge in [-0.05, 0) is 26.2 Å². The summed E-state index contributed by atoms with van der Waals surface area (Å²) in [5.41, 5.74) is 3.01. The minimum absolute atomic E-state index is 0.0265. The Labute approximate surface area is 93.7 Å². The van der Waals surface area contributed by atoms with Crippen LogP contribution in [0, 0.1) is 0 Å². The lowest BCUT2D eigenvalue weighted by Gasteiger charge is -2.37. The van der Waals surface area contributed by atoms with Gasteiger partial charge in [0.2, 0.25) is 0 Å². The summed E-state index contributed by atoms with van der Waals surface area (Å²) in [6, 6.07) is 0.333. The van der Waals surface area contributed by atoms with E-state index in [1.54, 1.807) is 0 Å². The van der Waals surface area contributed by atoms with Gasteiger partial charge < -0.3 is 4.74 Å². The molecule has 0 bridgehead atoms. The van der Waals surface area contributed by atoms with Crippen LogP contribution in [-0.4, -0.2) is 18.2 Å². The Balaban J connectivity index is 2.58. The standard InChI is InChI=1S/C12H26N2O/c1-3-5-8-11(14-13)12(15-4-2)9-6-7-10-12/h11,14H,3-10,13H2,1-2H3. The van der Waals surface area contributed by atoms with Crippen LogP contribution in [0.4, 0.5) is 0 Å². The van der Waals surface area contributed by atoms with Crippen molar-refractivity contribution in [2.24, 2.45) is 5.84 Å². The fourth-order valence-electron chi connectivity index (χ4n) is 2.76. The van der Waals surface area contributed by atoms with E-state index >= 15 is 0 Å². The molecule has 0 saturated heterocycles. The second-order valence-electron chi connectivity index (χ2n) is 4.57. The molecule has 1 aliphatic carbocycles. The van der Waals surface area contributed by atoms with Crippen LogP contribution < -0.4 is 11.3 Å². The molecule has 0 heterocycles. The fraction of sp³-hybridized carbons (Fsp3) is 1.00. The maximum atomic E-state index is 6.00. The topological polar surface area (TPSA) is 47.3 Å². The molecule has 3 N–H and O–H groups in total. The van der Waals surface area contributed by atoms with Crippen LogP contribution in [0.25, 0.3) is 0 Å². The second-order valence-corrected chi connectivity index (χ2v) is 4.57. The molecule has 1 fully saturated rings. The summed E-state index contributed by atoms with van der Waals surface area (Å²) in [6.07, 6.45) is 8.48. The maximum absolute atomic E-state index is 6.00. The van der Waals surface area contributed by atoms with Gasteiger partial charge in [0.05, 0.1) is 11.6 Å². The van der Waals surface area contributed by atoms with E-state index in [9.17, 15) is 0 Å². The van der Waals surface area contributed by atoms with Crippen molar-refractivity contribution in [1.82, 2.24) is 5.43 Å². The Hall–Kier alpha value is -0.120. The van der Waals surface area contributed by atoms with Gasteiger partial charge in [-0.1, -0.05) is 32.6 Å². The van der Waals surface area contributed by atoms with Crippen LogP contribution in [0.5, 0.6) is 0 Å². The molecule has 0 spiro atoms. The Morgan fingerprint density at radius 1 is 1.33 bits per heavy atom. The molecule has 0 aromatic rings. The van der Waals surface area contributed by atoms with E-state index in [0.717, 1.165) is 13.0 Å². The normalized spacial score (nSPS) is 21.8. The maximum Gasteiger partial charge on any atom is 0.0848 e. The number of hydrogen-bond acceptors (Lipinski definition) is 3. The quantitative estimate of drug-likeness (QED) is 0.505. The number of rotatable bonds is 7. The van der Waals surface area contributed by atoms with Gasteiger partial charge in [-0.2, -0.15) is 0 Å². The highest BCUT2D eigenvalue weighted by Gasteiger charge is 2.41. The van der Waals surface area contributed by atoms with Crippen LogP contribution in [0.3, 0.4) is 0 Å². The van der Waals surface area contributed by atoms with Crippen molar-refractivity contribution >= 4 is 0 Å². The zero-order chi connectivity index (χ0) is 11.1. The van der Waals surface area contributed by atoms with Gasteiger partial charge in [-0.3, -0.25) is 11.3 Å². The first-order valence-electron chi connectivity index (χ1n) is 6.39. The second kappa shape index (κ2) is 6.46. The number of hydrazine groups is 1. The van der Waals surface area contributed by atoms with Crippen molar-refractivity contribution in [3.63, 3.8) is 0 Å². The number of unbranched alkanes of at least 4 members (excludes halogenated alkanes) is 1. The van der Waals surface area contributed by atoms with Crippen molar-refractivity contribution in [3.05, 3.63) is 0 Å². The summed E-state index contributed by atoms with van der Waals surface area (Å²) in [5, 5.41) is 0. The van der Waals surface area contributed by atoms with E-state index in [4.69, 9.17) is 10.6 Å². The molecule has 0 aromatic carbocycles. The van der Waals surface area contributed by atoms with E-state index in [1.807, 2.05) is 0 Å². The minimum atomic E-state index is 0.0265. The third kappa shape index (κ3) is 3.16. The Bertz CT molecular complexity index is 167. The van der Waals surface area contributed by atoms with Gasteiger partial charge in [-0.25, -0.2) is 0 Å². The summed E-state index contributed by atoms with van der Waals surface area (Å²) < 4.78 is 6.00. The lowest BCUT2D eigenvalue weighted by molar-refractivity contribution is -0.0636. The molecule has 0 aromatic heterocycles. The van der Waals surface area contributed by atoms with E-state index < -0.39 is 0 Å². The third-order valence-electron chi connectivity index (χ3n) is 3.56. The molecule has 3 nitrogen and oxygen atoms in total. The summed E-state index contributed by atoms with van der Waals surface area (Å²) in [6.45, 7) is 5.09. The molecule has 0 aliphatic heterocycles. The van der Waals surface area contributed by atoms with Crippen LogP contribution >= 0.6 is 0 Å². The summed E-state index contributed by atoms with van der Waals surface area (Å²) in [7, 11) is 0. The van der Waals surface area contributed by atoms with Gasteiger partial charge >= 0.3 is 0 Å². The molecule has 0 amide bonds. The highest BCUT2D eigenvalue weighted by molar-refractivity contribution is 4.96. The monoisotopic (exact) mass is 214 g/mol. The molecule has 90 valence electrons. The number of nitrogens with two attached hydrogens (primary N) is 1. The average molecular weight is 214 g/mol. The molecule has 1 rings (SSSR count). The smallest absolute Gasteiger partial charge is 0.0848 e. The molecule has 1 atom stereocenters. The lowest BCUT2D eigenvalue weighted by atomic mass is 9.88. The molecule has 1 unspecified atom stereocenters. The molecule has 1 aliphatic rings. The highest BCUT2D eigenvalue weighted by atomic mass is 16.5. The van der Waals surface area contributed by atoms with Crippen LogP contribution in [-0.2, 0) is 4.74 Å². The van der Waals surface area contributed by atoms with E-state index in [0.29, 0.717) is 6.04 Å². The predicted octanol–water partition coefficient (Wildman–Crippen LogP) is 2.36. The van der Waals surface area contributed by atoms with Crippen molar-refractivity contribution in [2.45, 2.75) is 70.4 Å². The Kier molecular flexibility index (Phi) is 5.58. The van der Waals surface area contributed by atoms with Crippen molar-refractivity contribution in [2.75, 3.05) is 6.61 Å². The number of nitrogens with one attached hydrogen (secondary N) is 1. The first-order chi connectivity index (χ1) is 7.29. The number of hydrogen-bond donors (Lipinski definition) is 2. The van der Waals surface area contributed by atoms with Gasteiger partial charge in [0.15, 0.2) is 0 Å². The highest BCUT2D eigenvalue weighted by Crippen LogP contribution is 2.37. The fourth-order valence-corrected chi connectivity index (χ4v) is 2.76. The Morgan fingerprint density at radius 2 is 2.00 bits per heavy atom. The molecule has 0 radical (unpaired) electrons. The van der Waals surface area contributed by atoms with E-state index in [1.165, 1.54) is 38.5 Å². The summed E-state index contributed by atoms with van der Waals surface area (Å²) >= 11 is 0. The predicted molar refractivity (Wildman–Crippen MR) is 63.5 cm³/mol. The van der Waals surface area contributed by atoms with Gasteiger partial charge in [0, 0.05) is 6.61 Å². The summed E-state index contributed by atoms with van der Waals surface area (Å²) in [4.78, 5) is 0. The van der Waals surface area contributed by atoms with E-state index in [-0.39, 0.29) is 5.60 Å². The SMILES string of the molecule is CCCCC(NN)C1(OCC)CCCC1. The lowest BCUT2D eigenvalue weighted by Crippen LogP contribution is -2.53. The van der Waals surface area contributed by atoms with Crippen molar-refractivity contribution < 1.29 is 4.74 Å². The van der Waals surface area contributed by atoms with Crippen LogP contribution in [0.15, 0.2) is 0 Å². The summed E-state index contributed by atoms with van der Waals surface area (Å²) in [5.74, 6) is 5.68. The zero-order valence-corrected chi connectivity index (χ0v) is 10.2. The van der Waals surface area contributed by atoms with Gasteiger partial charge in [0.25, 0.3) is 0 Å². The molecule has 15 heavy (non-hydrogen) atoms. The number of ether oxygens (including phenoxy) is 1. The van der Waals surface area contributed by atoms with Crippen LogP contribution in [0.1, 0.15) is 58.8 Å². The van der Waals surface area contributed by atoms with Gasteiger partial charge in [0.1, 0.15) is 0 Å². The largest absolute Gasteiger partial charge is 0.374 e. The van der Waals surface area contributed by atoms with Gasteiger partial charge in [-0.15, -0.1) is 0 Å². The molecule has 1 saturated carbocycles. The first kappa shape index (κ1) is 12.9. The molecular formula is C12H26N2O. The molecular weight excluding hydrogens is 188 g/mol.